The summed E-state index contributed by atoms with van der Waals surface area (Å²) in [6.07, 6.45) is 0. The molecule has 0 spiro atoms. The maximum absolute atomic E-state index is 12.7. The third-order valence-electron chi connectivity index (χ3n) is 8.62. The van der Waals surface area contributed by atoms with Gasteiger partial charge < -0.3 is 8.85 Å². The zero-order valence-corrected chi connectivity index (χ0v) is 34.0. The van der Waals surface area contributed by atoms with Crippen molar-refractivity contribution in [2.75, 3.05) is 24.7 Å². The van der Waals surface area contributed by atoms with Crippen LogP contribution in [0.15, 0.2) is 135 Å². The number of hydrogen-bond acceptors (Lipinski definition) is 7. The maximum atomic E-state index is 12.7. The molecule has 5 aromatic rings. The van der Waals surface area contributed by atoms with Crippen molar-refractivity contribution in [2.24, 2.45) is 0 Å². The number of benzene rings is 4. The Bertz CT molecular complexity index is 1560. The first-order valence-electron chi connectivity index (χ1n) is 16.4. The average Bonchev–Trinajstić information content (AvgIpc) is 3.44. The Morgan fingerprint density at radius 2 is 0.771 bits per heavy atom. The van der Waals surface area contributed by atoms with Crippen molar-refractivity contribution in [3.63, 3.8) is 0 Å². The van der Waals surface area contributed by atoms with Crippen LogP contribution in [0.3, 0.4) is 0 Å². The lowest BCUT2D eigenvalue weighted by Crippen LogP contribution is -2.66. The van der Waals surface area contributed by atoms with E-state index in [1.165, 1.54) is 43.4 Å². The summed E-state index contributed by atoms with van der Waals surface area (Å²) in [5, 5.41) is 4.99. The predicted molar refractivity (Wildman–Crippen MR) is 217 cm³/mol. The second-order valence-corrected chi connectivity index (χ2v) is 27.3. The predicted octanol–water partition coefficient (Wildman–Crippen LogP) is 8.51. The third-order valence-corrected chi connectivity index (χ3v) is 23.7. The van der Waals surface area contributed by atoms with Gasteiger partial charge >= 0.3 is 0 Å². The molecule has 9 heteroatoms. The monoisotopic (exact) mass is 746 g/mol. The number of thioether (sulfide) groups is 2. The largest absolute Gasteiger partial charge is 0.407 e. The van der Waals surface area contributed by atoms with Crippen LogP contribution in [0.2, 0.25) is 10.1 Å². The van der Waals surface area contributed by atoms with Crippen LogP contribution in [0.25, 0.3) is 0 Å². The Balaban J connectivity index is 1.28. The van der Waals surface area contributed by atoms with Gasteiger partial charge in [0.05, 0.1) is 8.42 Å². The topological polar surface area (TPSA) is 35.5 Å². The van der Waals surface area contributed by atoms with E-state index in [9.17, 15) is 4.79 Å². The summed E-state index contributed by atoms with van der Waals surface area (Å²) in [4.78, 5) is 12.7. The van der Waals surface area contributed by atoms with Crippen LogP contribution in [-0.2, 0) is 8.85 Å². The minimum atomic E-state index is -2.60. The van der Waals surface area contributed by atoms with Gasteiger partial charge in [0.2, 0.25) is 0 Å². The zero-order valence-electron chi connectivity index (χ0n) is 28.7. The molecule has 48 heavy (non-hydrogen) atoms. The molecule has 0 aliphatic carbocycles. The van der Waals surface area contributed by atoms with Crippen LogP contribution in [0.4, 0.5) is 0 Å². The summed E-state index contributed by atoms with van der Waals surface area (Å²) in [5.74, 6) is 1.56. The molecular weight excluding hydrogens is 701 g/mol. The Hall–Kier alpha value is -2.22. The van der Waals surface area contributed by atoms with Crippen molar-refractivity contribution in [2.45, 2.75) is 60.0 Å². The van der Waals surface area contributed by atoms with E-state index in [0.717, 1.165) is 19.9 Å². The summed E-state index contributed by atoms with van der Waals surface area (Å²) < 4.78 is 16.5. The van der Waals surface area contributed by atoms with Crippen molar-refractivity contribution < 1.29 is 8.85 Å². The average molecular weight is 747 g/mol. The second-order valence-electron chi connectivity index (χ2n) is 13.7. The van der Waals surface area contributed by atoms with E-state index in [2.05, 4.69) is 163 Å². The SMILES string of the molecule is CC(C)(C)[Si](OCCSc1sc(=O)sc1SCCO[Si](c1ccccc1)(c1ccccc1)C(C)(C)C)(c1ccccc1)c1ccccc1. The maximum Gasteiger partial charge on any atom is 0.289 e. The molecule has 1 aromatic heterocycles. The summed E-state index contributed by atoms with van der Waals surface area (Å²) >= 11 is 6.21. The highest BCUT2D eigenvalue weighted by atomic mass is 32.2. The molecule has 0 aliphatic heterocycles. The van der Waals surface area contributed by atoms with Gasteiger partial charge in [-0.05, 0) is 30.8 Å². The fraction of sp³-hybridized carbons (Fsp3) is 0.308. The van der Waals surface area contributed by atoms with Crippen molar-refractivity contribution in [3.8, 4) is 0 Å². The van der Waals surface area contributed by atoms with Crippen molar-refractivity contribution >= 4 is 83.6 Å². The first-order chi connectivity index (χ1) is 23.0. The van der Waals surface area contributed by atoms with Gasteiger partial charge in [-0.3, -0.25) is 4.79 Å². The third kappa shape index (κ3) is 8.05. The smallest absolute Gasteiger partial charge is 0.289 e. The fourth-order valence-corrected chi connectivity index (χ4v) is 21.1. The van der Waals surface area contributed by atoms with Gasteiger partial charge in [0.1, 0.15) is 0 Å². The van der Waals surface area contributed by atoms with Crippen LogP contribution >= 0.6 is 46.2 Å². The van der Waals surface area contributed by atoms with Crippen LogP contribution in [0.1, 0.15) is 41.5 Å². The minimum Gasteiger partial charge on any atom is -0.407 e. The van der Waals surface area contributed by atoms with E-state index in [1.807, 2.05) is 0 Å². The van der Waals surface area contributed by atoms with Crippen molar-refractivity contribution in [1.29, 1.82) is 0 Å². The Morgan fingerprint density at radius 1 is 0.500 bits per heavy atom. The van der Waals surface area contributed by atoms with Crippen LogP contribution in [0.5, 0.6) is 0 Å². The molecule has 0 aliphatic rings. The van der Waals surface area contributed by atoms with Crippen molar-refractivity contribution in [1.82, 2.24) is 0 Å². The lowest BCUT2D eigenvalue weighted by Gasteiger charge is -2.43. The van der Waals surface area contributed by atoms with Crippen LogP contribution in [0, 0.1) is 0 Å². The molecule has 0 radical (unpaired) electrons. The molecule has 0 unspecified atom stereocenters. The minimum absolute atomic E-state index is 0.0698. The Morgan fingerprint density at radius 3 is 1.02 bits per heavy atom. The summed E-state index contributed by atoms with van der Waals surface area (Å²) in [7, 11) is -5.20. The van der Waals surface area contributed by atoms with E-state index in [4.69, 9.17) is 8.85 Å². The Labute approximate surface area is 305 Å². The molecule has 0 N–H and O–H groups in total. The second kappa shape index (κ2) is 16.2. The van der Waals surface area contributed by atoms with Gasteiger partial charge in [-0.15, -0.1) is 23.5 Å². The van der Waals surface area contributed by atoms with E-state index < -0.39 is 16.6 Å². The van der Waals surface area contributed by atoms with Gasteiger partial charge in [-0.2, -0.15) is 0 Å². The van der Waals surface area contributed by atoms with Gasteiger partial charge in [-0.1, -0.05) is 186 Å². The molecule has 4 aromatic carbocycles. The quantitative estimate of drug-likeness (QED) is 0.0648. The molecule has 0 amide bonds. The van der Waals surface area contributed by atoms with Crippen LogP contribution in [-0.4, -0.2) is 41.4 Å². The molecule has 252 valence electrons. The van der Waals surface area contributed by atoms with Gasteiger partial charge in [0.25, 0.3) is 20.7 Å². The Kier molecular flexibility index (Phi) is 12.5. The molecule has 3 nitrogen and oxygen atoms in total. The lowest BCUT2D eigenvalue weighted by atomic mass is 10.2. The highest BCUT2D eigenvalue weighted by Gasteiger charge is 2.51. The molecule has 5 rings (SSSR count). The highest BCUT2D eigenvalue weighted by Crippen LogP contribution is 2.40. The van der Waals surface area contributed by atoms with Gasteiger partial charge in [-0.25, -0.2) is 0 Å². The van der Waals surface area contributed by atoms with E-state index in [0.29, 0.717) is 13.2 Å². The molecule has 0 bridgehead atoms. The summed E-state index contributed by atoms with van der Waals surface area (Å²) in [6.45, 7) is 15.1. The van der Waals surface area contributed by atoms with E-state index in [-0.39, 0.29) is 14.1 Å². The summed E-state index contributed by atoms with van der Waals surface area (Å²) in [5.41, 5.74) is 0. The molecule has 0 saturated carbocycles. The number of rotatable bonds is 14. The van der Waals surface area contributed by atoms with Gasteiger partial charge in [0.15, 0.2) is 0 Å². The first-order valence-corrected chi connectivity index (χ1v) is 23.8. The van der Waals surface area contributed by atoms with E-state index in [1.54, 1.807) is 23.5 Å². The molecule has 0 saturated heterocycles. The first kappa shape index (κ1) is 37.0. The van der Waals surface area contributed by atoms with Crippen LogP contribution < -0.4 is 24.8 Å². The standard InChI is InChI=1S/C39H46O3S4Si2/c1-38(2,3)47(31-19-11-7-12-20-31,32-21-13-8-14-22-32)41-27-29-43-35-36(46-37(40)45-35)44-30-28-42-48(39(4,5)6,33-23-15-9-16-24-33)34-25-17-10-18-26-34/h7-26H,27-30H2,1-6H3. The highest BCUT2D eigenvalue weighted by molar-refractivity contribution is 8.05. The molecule has 0 fully saturated rings. The molecule has 1 heterocycles. The molecule has 0 atom stereocenters. The molecular formula is C39H46O3S4Si2. The summed E-state index contributed by atoms with van der Waals surface area (Å²) in [6, 6.07) is 43.1. The van der Waals surface area contributed by atoms with Gasteiger partial charge in [0, 0.05) is 24.7 Å². The lowest BCUT2D eigenvalue weighted by molar-refractivity contribution is 0.321. The fourth-order valence-electron chi connectivity index (χ4n) is 6.61. The number of hydrogen-bond donors (Lipinski definition) is 0. The van der Waals surface area contributed by atoms with E-state index >= 15 is 0 Å². The normalized spacial score (nSPS) is 12.7. The zero-order chi connectivity index (χ0) is 34.3. The van der Waals surface area contributed by atoms with Crippen molar-refractivity contribution in [3.05, 3.63) is 130 Å².